The summed E-state index contributed by atoms with van der Waals surface area (Å²) in [6.45, 7) is 2.03. The smallest absolute Gasteiger partial charge is 0.343 e. The van der Waals surface area contributed by atoms with Crippen molar-refractivity contribution in [3.8, 4) is 22.8 Å². The standard InChI is InChI=1S/C21H20ClN3O4S/c1-3-28-18-9-15(16(22)10-19(18)29-12-20(26)27-2)11-23-25-21-24-17(13-30-21)14-7-5-4-6-8-14/h4-11,13H,3,12H2,1-2H3,(H,24,25). The van der Waals surface area contributed by atoms with Crippen LogP contribution >= 0.6 is 22.9 Å². The van der Waals surface area contributed by atoms with E-state index < -0.39 is 5.97 Å². The number of esters is 1. The van der Waals surface area contributed by atoms with E-state index in [1.54, 1.807) is 18.3 Å². The number of carbonyl (C=O) groups excluding carboxylic acids is 1. The fraction of sp³-hybridized carbons (Fsp3) is 0.190. The Morgan fingerprint density at radius 1 is 1.23 bits per heavy atom. The molecule has 3 rings (SSSR count). The Labute approximate surface area is 183 Å². The molecule has 0 aliphatic carbocycles. The van der Waals surface area contributed by atoms with Gasteiger partial charge in [-0.1, -0.05) is 41.9 Å². The van der Waals surface area contributed by atoms with Gasteiger partial charge in [0.25, 0.3) is 0 Å². The molecular formula is C21H20ClN3O4S. The largest absolute Gasteiger partial charge is 0.490 e. The van der Waals surface area contributed by atoms with Crippen molar-refractivity contribution in [2.75, 3.05) is 25.7 Å². The molecule has 0 unspecified atom stereocenters. The highest BCUT2D eigenvalue weighted by Gasteiger charge is 2.12. The van der Waals surface area contributed by atoms with Crippen molar-refractivity contribution in [3.05, 3.63) is 58.4 Å². The molecule has 1 aromatic heterocycles. The Balaban J connectivity index is 1.71. The molecule has 1 heterocycles. The number of carbonyl (C=O) groups is 1. The first kappa shape index (κ1) is 21.6. The Hall–Kier alpha value is -3.10. The van der Waals surface area contributed by atoms with Gasteiger partial charge in [-0.25, -0.2) is 9.78 Å². The minimum absolute atomic E-state index is 0.240. The van der Waals surface area contributed by atoms with Crippen LogP contribution in [0.2, 0.25) is 5.02 Å². The lowest BCUT2D eigenvalue weighted by molar-refractivity contribution is -0.142. The molecule has 0 amide bonds. The van der Waals surface area contributed by atoms with Gasteiger partial charge in [-0.2, -0.15) is 5.10 Å². The zero-order chi connectivity index (χ0) is 21.3. The van der Waals surface area contributed by atoms with Crippen LogP contribution in [0.25, 0.3) is 11.3 Å². The molecule has 156 valence electrons. The van der Waals surface area contributed by atoms with Crippen LogP contribution in [0.15, 0.2) is 52.9 Å². The number of hydrazone groups is 1. The maximum atomic E-state index is 11.3. The number of anilines is 1. The summed E-state index contributed by atoms with van der Waals surface area (Å²) >= 11 is 7.78. The Bertz CT molecular complexity index is 1020. The quantitative estimate of drug-likeness (QED) is 0.288. The minimum Gasteiger partial charge on any atom is -0.490 e. The van der Waals surface area contributed by atoms with Crippen molar-refractivity contribution < 1.29 is 19.0 Å². The fourth-order valence-corrected chi connectivity index (χ4v) is 3.32. The van der Waals surface area contributed by atoms with Gasteiger partial charge in [0.15, 0.2) is 18.1 Å². The number of hydrogen-bond acceptors (Lipinski definition) is 8. The molecule has 0 radical (unpaired) electrons. The molecule has 0 saturated carbocycles. The van der Waals surface area contributed by atoms with E-state index in [1.807, 2.05) is 42.6 Å². The summed E-state index contributed by atoms with van der Waals surface area (Å²) in [6, 6.07) is 13.2. The second-order valence-corrected chi connectivity index (χ2v) is 7.16. The summed E-state index contributed by atoms with van der Waals surface area (Å²) in [7, 11) is 1.29. The summed E-state index contributed by atoms with van der Waals surface area (Å²) < 4.78 is 15.6. The van der Waals surface area contributed by atoms with Gasteiger partial charge in [0.2, 0.25) is 5.13 Å². The van der Waals surface area contributed by atoms with Gasteiger partial charge in [0.05, 0.1) is 30.6 Å². The zero-order valence-electron chi connectivity index (χ0n) is 16.4. The second-order valence-electron chi connectivity index (χ2n) is 5.89. The fourth-order valence-electron chi connectivity index (χ4n) is 2.45. The van der Waals surface area contributed by atoms with E-state index in [9.17, 15) is 4.79 Å². The van der Waals surface area contributed by atoms with E-state index in [4.69, 9.17) is 21.1 Å². The van der Waals surface area contributed by atoms with Crippen LogP contribution in [-0.2, 0) is 9.53 Å². The number of benzene rings is 2. The van der Waals surface area contributed by atoms with Crippen LogP contribution in [0.5, 0.6) is 11.5 Å². The third kappa shape index (κ3) is 5.71. The maximum absolute atomic E-state index is 11.3. The maximum Gasteiger partial charge on any atom is 0.343 e. The molecule has 0 aliphatic rings. The van der Waals surface area contributed by atoms with Crippen molar-refractivity contribution >= 4 is 40.3 Å². The first-order valence-corrected chi connectivity index (χ1v) is 10.3. The summed E-state index contributed by atoms with van der Waals surface area (Å²) in [5, 5.41) is 7.23. The minimum atomic E-state index is -0.498. The average molecular weight is 446 g/mol. The summed E-state index contributed by atoms with van der Waals surface area (Å²) in [5.41, 5.74) is 5.45. The van der Waals surface area contributed by atoms with Crippen LogP contribution in [-0.4, -0.2) is 37.5 Å². The Morgan fingerprint density at radius 2 is 2.00 bits per heavy atom. The van der Waals surface area contributed by atoms with Crippen LogP contribution in [0.1, 0.15) is 12.5 Å². The molecule has 30 heavy (non-hydrogen) atoms. The molecule has 0 bridgehead atoms. The van der Waals surface area contributed by atoms with E-state index in [1.165, 1.54) is 18.4 Å². The molecular weight excluding hydrogens is 426 g/mol. The molecule has 0 atom stereocenters. The highest BCUT2D eigenvalue weighted by atomic mass is 35.5. The van der Waals surface area contributed by atoms with Gasteiger partial charge in [-0.05, 0) is 13.0 Å². The van der Waals surface area contributed by atoms with E-state index in [0.29, 0.717) is 33.8 Å². The van der Waals surface area contributed by atoms with Gasteiger partial charge in [0, 0.05) is 22.6 Å². The van der Waals surface area contributed by atoms with E-state index >= 15 is 0 Å². The Morgan fingerprint density at radius 3 is 2.73 bits per heavy atom. The monoisotopic (exact) mass is 445 g/mol. The van der Waals surface area contributed by atoms with Crippen LogP contribution in [0, 0.1) is 0 Å². The van der Waals surface area contributed by atoms with E-state index in [2.05, 4.69) is 20.2 Å². The molecule has 0 fully saturated rings. The van der Waals surface area contributed by atoms with E-state index in [-0.39, 0.29) is 6.61 Å². The molecule has 7 nitrogen and oxygen atoms in total. The third-order valence-electron chi connectivity index (χ3n) is 3.87. The second kappa shape index (κ2) is 10.6. The molecule has 0 spiro atoms. The summed E-state index contributed by atoms with van der Waals surface area (Å²) in [4.78, 5) is 15.8. The number of thiazole rings is 1. The number of nitrogens with zero attached hydrogens (tertiary/aromatic N) is 2. The Kier molecular flexibility index (Phi) is 7.64. The molecule has 9 heteroatoms. The first-order chi connectivity index (χ1) is 14.6. The highest BCUT2D eigenvalue weighted by molar-refractivity contribution is 7.14. The summed E-state index contributed by atoms with van der Waals surface area (Å²) in [6.07, 6.45) is 1.57. The van der Waals surface area contributed by atoms with Crippen molar-refractivity contribution in [1.82, 2.24) is 4.98 Å². The van der Waals surface area contributed by atoms with Gasteiger partial charge in [-0.3, -0.25) is 5.43 Å². The van der Waals surface area contributed by atoms with Crippen molar-refractivity contribution in [2.45, 2.75) is 6.92 Å². The highest BCUT2D eigenvalue weighted by Crippen LogP contribution is 2.33. The lowest BCUT2D eigenvalue weighted by Gasteiger charge is -2.13. The van der Waals surface area contributed by atoms with E-state index in [0.717, 1.165) is 11.3 Å². The van der Waals surface area contributed by atoms with Crippen LogP contribution < -0.4 is 14.9 Å². The average Bonchev–Trinajstić information content (AvgIpc) is 3.24. The molecule has 3 aromatic rings. The number of halogens is 1. The van der Waals surface area contributed by atoms with Gasteiger partial charge < -0.3 is 14.2 Å². The van der Waals surface area contributed by atoms with Gasteiger partial charge in [-0.15, -0.1) is 11.3 Å². The topological polar surface area (TPSA) is 82.0 Å². The SMILES string of the molecule is CCOc1cc(C=NNc2nc(-c3ccccc3)cs2)c(Cl)cc1OCC(=O)OC. The molecule has 2 aromatic carbocycles. The van der Waals surface area contributed by atoms with Crippen LogP contribution in [0.3, 0.4) is 0 Å². The number of ether oxygens (including phenoxy) is 3. The predicted molar refractivity (Wildman–Crippen MR) is 119 cm³/mol. The van der Waals surface area contributed by atoms with Crippen molar-refractivity contribution in [1.29, 1.82) is 0 Å². The third-order valence-corrected chi connectivity index (χ3v) is 4.95. The number of nitrogens with one attached hydrogen (secondary N) is 1. The lowest BCUT2D eigenvalue weighted by atomic mass is 10.2. The first-order valence-electron chi connectivity index (χ1n) is 9.06. The number of hydrogen-bond donors (Lipinski definition) is 1. The van der Waals surface area contributed by atoms with Gasteiger partial charge >= 0.3 is 5.97 Å². The zero-order valence-corrected chi connectivity index (χ0v) is 18.0. The lowest BCUT2D eigenvalue weighted by Crippen LogP contribution is -2.13. The summed E-state index contributed by atoms with van der Waals surface area (Å²) in [5.74, 6) is 0.305. The normalized spacial score (nSPS) is 10.8. The molecule has 1 N–H and O–H groups in total. The van der Waals surface area contributed by atoms with Crippen LogP contribution in [0.4, 0.5) is 5.13 Å². The van der Waals surface area contributed by atoms with Crippen molar-refractivity contribution in [3.63, 3.8) is 0 Å². The molecule has 0 saturated heterocycles. The number of aromatic nitrogens is 1. The molecule has 0 aliphatic heterocycles. The number of rotatable bonds is 9. The number of methoxy groups -OCH3 is 1. The van der Waals surface area contributed by atoms with Crippen molar-refractivity contribution in [2.24, 2.45) is 5.10 Å². The predicted octanol–water partition coefficient (Wildman–Crippen LogP) is 4.86. The van der Waals surface area contributed by atoms with Gasteiger partial charge in [0.1, 0.15) is 0 Å².